The zero-order valence-corrected chi connectivity index (χ0v) is 13.0. The lowest BCUT2D eigenvalue weighted by molar-refractivity contribution is 0.168. The van der Waals surface area contributed by atoms with Crippen LogP contribution in [0.1, 0.15) is 24.4 Å². The average molecular weight is 319 g/mol. The maximum Gasteiger partial charge on any atom is 0.413 e. The quantitative estimate of drug-likeness (QED) is 0.906. The lowest BCUT2D eigenvalue weighted by Gasteiger charge is -2.24. The highest BCUT2D eigenvalue weighted by Gasteiger charge is 2.28. The molecule has 0 saturated carbocycles. The summed E-state index contributed by atoms with van der Waals surface area (Å²) in [5, 5.41) is 2.99. The number of ether oxygens (including phenoxy) is 1. The van der Waals surface area contributed by atoms with Gasteiger partial charge in [-0.15, -0.1) is 0 Å². The molecule has 0 saturated heterocycles. The summed E-state index contributed by atoms with van der Waals surface area (Å²) in [4.78, 5) is 16.5. The van der Waals surface area contributed by atoms with Gasteiger partial charge in [0.2, 0.25) is 10.0 Å². The van der Waals surface area contributed by atoms with Crippen LogP contribution in [0.25, 0.3) is 0 Å². The number of sulfonamides is 1. The predicted octanol–water partition coefficient (Wildman–Crippen LogP) is 1.42. The molecule has 0 aromatic carbocycles. The highest BCUT2D eigenvalue weighted by Crippen LogP contribution is 2.29. The number of carbonyl (C=O) groups excluding carboxylic acids is 1. The van der Waals surface area contributed by atoms with Gasteiger partial charge >= 0.3 is 6.09 Å². The molecule has 2 rings (SSSR count). The molecule has 0 bridgehead atoms. The summed E-state index contributed by atoms with van der Waals surface area (Å²) >= 11 is 1.29. The van der Waals surface area contributed by atoms with E-state index in [9.17, 15) is 13.2 Å². The number of rotatable bonds is 4. The van der Waals surface area contributed by atoms with Crippen molar-refractivity contribution in [3.05, 3.63) is 10.6 Å². The lowest BCUT2D eigenvalue weighted by Crippen LogP contribution is -2.36. The van der Waals surface area contributed by atoms with Gasteiger partial charge in [0.1, 0.15) is 0 Å². The number of hydrogen-bond donors (Lipinski definition) is 1. The van der Waals surface area contributed by atoms with E-state index in [-0.39, 0.29) is 5.75 Å². The topological polar surface area (TPSA) is 88.6 Å². The first kappa shape index (κ1) is 15.2. The number of aromatic nitrogens is 1. The Bertz CT molecular complexity index is 597. The Kier molecular flexibility index (Phi) is 4.61. The van der Waals surface area contributed by atoms with Crippen LogP contribution >= 0.6 is 11.3 Å². The zero-order chi connectivity index (χ0) is 14.8. The van der Waals surface area contributed by atoms with Crippen LogP contribution in [-0.2, 0) is 27.7 Å². The molecular formula is C11H17N3O4S2. The number of fused-ring (bicyclic) bond motifs is 1. The SMILES string of the molecule is CCOC(=O)Nc1nc2c(s1)CN(S(=O)(=O)CC)CC2. The highest BCUT2D eigenvalue weighted by atomic mass is 32.2. The largest absolute Gasteiger partial charge is 0.450 e. The molecule has 0 fully saturated rings. The van der Waals surface area contributed by atoms with Gasteiger partial charge in [-0.1, -0.05) is 11.3 Å². The van der Waals surface area contributed by atoms with Gasteiger partial charge in [-0.25, -0.2) is 18.2 Å². The molecule has 1 aliphatic rings. The smallest absolute Gasteiger partial charge is 0.413 e. The summed E-state index contributed by atoms with van der Waals surface area (Å²) in [6.45, 7) is 4.41. The second kappa shape index (κ2) is 6.06. The van der Waals surface area contributed by atoms with Gasteiger partial charge in [-0.2, -0.15) is 4.31 Å². The predicted molar refractivity (Wildman–Crippen MR) is 76.3 cm³/mol. The Morgan fingerprint density at radius 3 is 2.90 bits per heavy atom. The van der Waals surface area contributed by atoms with Gasteiger partial charge in [0.15, 0.2) is 5.13 Å². The third-order valence-corrected chi connectivity index (χ3v) is 5.76. The van der Waals surface area contributed by atoms with E-state index in [2.05, 4.69) is 10.3 Å². The van der Waals surface area contributed by atoms with E-state index in [0.717, 1.165) is 10.6 Å². The van der Waals surface area contributed by atoms with E-state index in [1.165, 1.54) is 15.6 Å². The number of carbonyl (C=O) groups is 1. The number of nitrogens with one attached hydrogen (secondary N) is 1. The molecule has 0 radical (unpaired) electrons. The highest BCUT2D eigenvalue weighted by molar-refractivity contribution is 7.89. The molecule has 1 aromatic rings. The van der Waals surface area contributed by atoms with Crippen molar-refractivity contribution >= 4 is 32.6 Å². The minimum absolute atomic E-state index is 0.0923. The molecule has 1 N–H and O–H groups in total. The van der Waals surface area contributed by atoms with Gasteiger partial charge in [0.05, 0.1) is 18.1 Å². The Hall–Kier alpha value is -1.19. The van der Waals surface area contributed by atoms with Gasteiger partial charge < -0.3 is 4.74 Å². The second-order valence-corrected chi connectivity index (χ2v) is 7.56. The van der Waals surface area contributed by atoms with Gasteiger partial charge in [-0.3, -0.25) is 5.32 Å². The summed E-state index contributed by atoms with van der Waals surface area (Å²) in [5.41, 5.74) is 0.851. The van der Waals surface area contributed by atoms with Crippen LogP contribution in [-0.4, -0.2) is 42.7 Å². The van der Waals surface area contributed by atoms with Crippen LogP contribution in [0, 0.1) is 0 Å². The standard InChI is InChI=1S/C11H17N3O4S2/c1-3-18-11(15)13-10-12-8-5-6-14(7-9(8)19-10)20(16,17)4-2/h3-7H2,1-2H3,(H,12,13,15). The fourth-order valence-electron chi connectivity index (χ4n) is 1.90. The number of hydrogen-bond acceptors (Lipinski definition) is 6. The van der Waals surface area contributed by atoms with Crippen LogP contribution < -0.4 is 5.32 Å². The van der Waals surface area contributed by atoms with Crippen molar-refractivity contribution < 1.29 is 17.9 Å². The molecule has 1 amide bonds. The summed E-state index contributed by atoms with van der Waals surface area (Å²) in [7, 11) is -3.19. The summed E-state index contributed by atoms with van der Waals surface area (Å²) in [6, 6.07) is 0. The normalized spacial score (nSPS) is 15.7. The van der Waals surface area contributed by atoms with Gasteiger partial charge in [0, 0.05) is 24.4 Å². The average Bonchev–Trinajstić information content (AvgIpc) is 2.79. The monoisotopic (exact) mass is 319 g/mol. The van der Waals surface area contributed by atoms with Crippen molar-refractivity contribution in [2.75, 3.05) is 24.2 Å². The van der Waals surface area contributed by atoms with Crippen molar-refractivity contribution in [1.82, 2.24) is 9.29 Å². The van der Waals surface area contributed by atoms with Crippen LogP contribution in [0.5, 0.6) is 0 Å². The first-order valence-electron chi connectivity index (χ1n) is 6.36. The van der Waals surface area contributed by atoms with Crippen molar-refractivity contribution in [3.63, 3.8) is 0 Å². The van der Waals surface area contributed by atoms with Crippen molar-refractivity contribution in [1.29, 1.82) is 0 Å². The van der Waals surface area contributed by atoms with Crippen molar-refractivity contribution in [2.24, 2.45) is 0 Å². The Morgan fingerprint density at radius 1 is 1.50 bits per heavy atom. The van der Waals surface area contributed by atoms with E-state index >= 15 is 0 Å². The zero-order valence-electron chi connectivity index (χ0n) is 11.4. The summed E-state index contributed by atoms with van der Waals surface area (Å²) < 4.78 is 29.9. The molecule has 0 aliphatic carbocycles. The van der Waals surface area contributed by atoms with Crippen molar-refractivity contribution in [3.8, 4) is 0 Å². The number of nitrogens with zero attached hydrogens (tertiary/aromatic N) is 2. The van der Waals surface area contributed by atoms with E-state index in [1.807, 2.05) is 0 Å². The molecule has 0 unspecified atom stereocenters. The maximum absolute atomic E-state index is 11.9. The number of thiazole rings is 1. The van der Waals surface area contributed by atoms with Crippen LogP contribution in [0.4, 0.5) is 9.93 Å². The van der Waals surface area contributed by atoms with Gasteiger partial charge in [-0.05, 0) is 13.8 Å². The molecule has 0 spiro atoms. The van der Waals surface area contributed by atoms with Gasteiger partial charge in [0.25, 0.3) is 0 Å². The Labute approximate surface area is 122 Å². The first-order valence-corrected chi connectivity index (χ1v) is 8.79. The van der Waals surface area contributed by atoms with Crippen LogP contribution in [0.2, 0.25) is 0 Å². The Morgan fingerprint density at radius 2 is 2.25 bits per heavy atom. The van der Waals surface area contributed by atoms with Crippen molar-refractivity contribution in [2.45, 2.75) is 26.8 Å². The van der Waals surface area contributed by atoms with E-state index in [4.69, 9.17) is 4.74 Å². The summed E-state index contributed by atoms with van der Waals surface area (Å²) in [5.74, 6) is 0.0923. The molecule has 1 aliphatic heterocycles. The molecule has 1 aromatic heterocycles. The Balaban J connectivity index is 2.10. The molecular weight excluding hydrogens is 302 g/mol. The molecule has 9 heteroatoms. The third kappa shape index (κ3) is 3.28. The molecule has 2 heterocycles. The lowest BCUT2D eigenvalue weighted by atomic mass is 10.2. The summed E-state index contributed by atoms with van der Waals surface area (Å²) in [6.07, 6.45) is 0.0203. The van der Waals surface area contributed by atoms with Crippen LogP contribution in [0.3, 0.4) is 0 Å². The molecule has 20 heavy (non-hydrogen) atoms. The minimum atomic E-state index is -3.19. The molecule has 7 nitrogen and oxygen atoms in total. The van der Waals surface area contributed by atoms with E-state index < -0.39 is 16.1 Å². The number of anilines is 1. The molecule has 112 valence electrons. The fraction of sp³-hybridized carbons (Fsp3) is 0.636. The maximum atomic E-state index is 11.9. The van der Waals surface area contributed by atoms with Crippen LogP contribution in [0.15, 0.2) is 0 Å². The fourth-order valence-corrected chi connectivity index (χ4v) is 4.05. The molecule has 0 atom stereocenters. The minimum Gasteiger partial charge on any atom is -0.450 e. The third-order valence-electron chi connectivity index (χ3n) is 2.94. The van der Waals surface area contributed by atoms with E-state index in [1.54, 1.807) is 13.8 Å². The number of amides is 1. The second-order valence-electron chi connectivity index (χ2n) is 4.22. The first-order chi connectivity index (χ1) is 9.46. The van der Waals surface area contributed by atoms with E-state index in [0.29, 0.717) is 31.2 Å².